The van der Waals surface area contributed by atoms with Gasteiger partial charge in [-0.2, -0.15) is 10.2 Å². The Morgan fingerprint density at radius 1 is 1.27 bits per heavy atom. The second kappa shape index (κ2) is 10.3. The molecule has 1 amide bonds. The van der Waals surface area contributed by atoms with Gasteiger partial charge in [0.25, 0.3) is 5.91 Å². The van der Waals surface area contributed by atoms with E-state index in [1.165, 1.54) is 37.3 Å². The second-order valence-electron chi connectivity index (χ2n) is 5.53. The molecule has 0 aliphatic carbocycles. The van der Waals surface area contributed by atoms with Crippen molar-refractivity contribution >= 4 is 29.7 Å². The van der Waals surface area contributed by atoms with Gasteiger partial charge in [-0.15, -0.1) is 5.11 Å². The number of nitrogens with one attached hydrogen (secondary N) is 1. The largest absolute Gasteiger partial charge is 0.510 e. The van der Waals surface area contributed by atoms with E-state index in [9.17, 15) is 24.8 Å². The smallest absolute Gasteiger partial charge is 0.433 e. The number of carbonyl (C=O) groups is 2. The number of aliphatic hydroxyl groups excluding tert-OH is 1. The van der Waals surface area contributed by atoms with Crippen LogP contribution >= 0.6 is 0 Å². The molecule has 0 bridgehead atoms. The Kier molecular flexibility index (Phi) is 7.51. The minimum atomic E-state index is -0.808. The number of hydrogen-bond donors (Lipinski definition) is 2. The van der Waals surface area contributed by atoms with Gasteiger partial charge in [-0.05, 0) is 44.2 Å². The number of nitro groups is 1. The summed E-state index contributed by atoms with van der Waals surface area (Å²) < 4.78 is 9.64. The first kappa shape index (κ1) is 21.9. The molecular formula is C18H17N5O7. The maximum Gasteiger partial charge on any atom is 0.433 e. The third-order valence-electron chi connectivity index (χ3n) is 3.36. The van der Waals surface area contributed by atoms with Gasteiger partial charge in [0.1, 0.15) is 10.7 Å². The van der Waals surface area contributed by atoms with Crippen LogP contribution in [0.2, 0.25) is 0 Å². The number of rotatable bonds is 8. The lowest BCUT2D eigenvalue weighted by Gasteiger charge is -2.02. The van der Waals surface area contributed by atoms with E-state index in [4.69, 9.17) is 9.15 Å². The summed E-state index contributed by atoms with van der Waals surface area (Å²) >= 11 is 0. The number of esters is 1. The number of hydrogen-bond acceptors (Lipinski definition) is 10. The lowest BCUT2D eigenvalue weighted by molar-refractivity contribution is -0.402. The summed E-state index contributed by atoms with van der Waals surface area (Å²) in [7, 11) is 0. The number of aliphatic hydroxyl groups is 1. The predicted octanol–water partition coefficient (Wildman–Crippen LogP) is 3.39. The Labute approximate surface area is 169 Å². The van der Waals surface area contributed by atoms with Crippen LogP contribution in [0.15, 0.2) is 67.6 Å². The summed E-state index contributed by atoms with van der Waals surface area (Å²) in [6, 6.07) is 8.31. The highest BCUT2D eigenvalue weighted by Gasteiger charge is 2.14. The average Bonchev–Trinajstić information content (AvgIpc) is 3.18. The quantitative estimate of drug-likeness (QED) is 0.127. The number of ether oxygens (including phenoxy) is 1. The fraction of sp³-hybridized carbons (Fsp3) is 0.167. The van der Waals surface area contributed by atoms with E-state index in [2.05, 4.69) is 20.8 Å². The average molecular weight is 415 g/mol. The van der Waals surface area contributed by atoms with Crippen molar-refractivity contribution in [3.63, 3.8) is 0 Å². The van der Waals surface area contributed by atoms with Crippen LogP contribution in [0.3, 0.4) is 0 Å². The lowest BCUT2D eigenvalue weighted by atomic mass is 10.2. The summed E-state index contributed by atoms with van der Waals surface area (Å²) in [5.41, 5.74) is 2.48. The van der Waals surface area contributed by atoms with Crippen molar-refractivity contribution in [3.8, 4) is 0 Å². The van der Waals surface area contributed by atoms with Crippen LogP contribution in [0.1, 0.15) is 30.0 Å². The summed E-state index contributed by atoms with van der Waals surface area (Å²) in [6.45, 7) is 3.01. The van der Waals surface area contributed by atoms with Crippen molar-refractivity contribution in [2.75, 3.05) is 6.61 Å². The maximum atomic E-state index is 12.1. The first-order chi connectivity index (χ1) is 14.3. The fourth-order valence-corrected chi connectivity index (χ4v) is 1.98. The molecule has 156 valence electrons. The SMILES string of the molecule is CCOC(=O)/C(N=Nc1ccc(C(=O)N/N=C/c2ccc([N+](=O)[O-])o2)cc1)=C(/C)O. The van der Waals surface area contributed by atoms with Crippen LogP contribution in [-0.4, -0.2) is 34.7 Å². The highest BCUT2D eigenvalue weighted by molar-refractivity contribution is 5.95. The zero-order chi connectivity index (χ0) is 22.1. The molecule has 2 aromatic rings. The Morgan fingerprint density at radius 3 is 2.53 bits per heavy atom. The molecular weight excluding hydrogens is 398 g/mol. The minimum Gasteiger partial charge on any atom is -0.510 e. The van der Waals surface area contributed by atoms with Crippen molar-refractivity contribution in [1.29, 1.82) is 0 Å². The maximum absolute atomic E-state index is 12.1. The van der Waals surface area contributed by atoms with E-state index >= 15 is 0 Å². The van der Waals surface area contributed by atoms with E-state index < -0.39 is 22.7 Å². The molecule has 30 heavy (non-hydrogen) atoms. The normalized spacial score (nSPS) is 12.1. The molecule has 0 atom stereocenters. The molecule has 2 N–H and O–H groups in total. The Hall–Kier alpha value is -4.35. The van der Waals surface area contributed by atoms with Crippen LogP contribution in [0.4, 0.5) is 11.6 Å². The summed E-state index contributed by atoms with van der Waals surface area (Å²) in [5, 5.41) is 31.2. The molecule has 12 nitrogen and oxygen atoms in total. The first-order valence-corrected chi connectivity index (χ1v) is 8.48. The molecule has 0 aliphatic rings. The molecule has 0 fully saturated rings. The van der Waals surface area contributed by atoms with Crippen LogP contribution in [0.5, 0.6) is 0 Å². The van der Waals surface area contributed by atoms with Crippen LogP contribution < -0.4 is 5.43 Å². The first-order valence-electron chi connectivity index (χ1n) is 8.48. The number of azo groups is 1. The zero-order valence-electron chi connectivity index (χ0n) is 15.9. The number of allylic oxidation sites excluding steroid dienone is 1. The molecule has 0 spiro atoms. The van der Waals surface area contributed by atoms with E-state index in [0.717, 1.165) is 12.3 Å². The fourth-order valence-electron chi connectivity index (χ4n) is 1.98. The number of nitrogens with zero attached hydrogens (tertiary/aromatic N) is 4. The van der Waals surface area contributed by atoms with Gasteiger partial charge in [0.05, 0.1) is 24.6 Å². The molecule has 1 heterocycles. The van der Waals surface area contributed by atoms with Gasteiger partial charge in [0.15, 0.2) is 5.76 Å². The van der Waals surface area contributed by atoms with Gasteiger partial charge >= 0.3 is 11.9 Å². The molecule has 0 saturated carbocycles. The molecule has 0 unspecified atom stereocenters. The molecule has 0 aliphatic heterocycles. The molecule has 2 rings (SSSR count). The van der Waals surface area contributed by atoms with E-state index in [1.54, 1.807) is 6.92 Å². The second-order valence-corrected chi connectivity index (χ2v) is 5.53. The van der Waals surface area contributed by atoms with Crippen LogP contribution in [0.25, 0.3) is 0 Å². The van der Waals surface area contributed by atoms with Crippen molar-refractivity contribution in [2.45, 2.75) is 13.8 Å². The third kappa shape index (κ3) is 6.09. The van der Waals surface area contributed by atoms with Crippen LogP contribution in [-0.2, 0) is 9.53 Å². The summed E-state index contributed by atoms with van der Waals surface area (Å²) in [4.78, 5) is 33.6. The zero-order valence-corrected chi connectivity index (χ0v) is 15.9. The number of furan rings is 1. The molecule has 12 heteroatoms. The number of amides is 1. The monoisotopic (exact) mass is 415 g/mol. The highest BCUT2D eigenvalue weighted by atomic mass is 16.6. The molecule has 0 saturated heterocycles. The van der Waals surface area contributed by atoms with Crippen LogP contribution in [0, 0.1) is 10.1 Å². The van der Waals surface area contributed by atoms with Gasteiger partial charge in [0, 0.05) is 5.56 Å². The van der Waals surface area contributed by atoms with Gasteiger partial charge in [-0.1, -0.05) is 0 Å². The standard InChI is InChI=1S/C18H17N5O7/c1-3-29-18(26)16(11(2)24)21-20-13-6-4-12(5-7-13)17(25)22-19-10-14-8-9-15(30-14)23(27)28/h4-10,24H,3H2,1-2H3,(H,22,25)/b16-11+,19-10+,21-20?. The number of benzene rings is 1. The van der Waals surface area contributed by atoms with Gasteiger partial charge in [-0.3, -0.25) is 14.9 Å². The summed E-state index contributed by atoms with van der Waals surface area (Å²) in [5.74, 6) is -2.04. The Bertz CT molecular complexity index is 1020. The van der Waals surface area contributed by atoms with Gasteiger partial charge in [-0.25, -0.2) is 10.2 Å². The highest BCUT2D eigenvalue weighted by Crippen LogP contribution is 2.17. The minimum absolute atomic E-state index is 0.0994. The Morgan fingerprint density at radius 2 is 1.97 bits per heavy atom. The molecule has 1 aromatic carbocycles. The van der Waals surface area contributed by atoms with Crippen molar-refractivity contribution in [1.82, 2.24) is 5.43 Å². The number of carbonyl (C=O) groups excluding carboxylic acids is 2. The van der Waals surface area contributed by atoms with E-state index in [1.807, 2.05) is 0 Å². The van der Waals surface area contributed by atoms with E-state index in [-0.39, 0.29) is 29.4 Å². The third-order valence-corrected chi connectivity index (χ3v) is 3.36. The van der Waals surface area contributed by atoms with E-state index in [0.29, 0.717) is 5.69 Å². The lowest BCUT2D eigenvalue weighted by Crippen LogP contribution is -2.17. The van der Waals surface area contributed by atoms with Gasteiger partial charge in [0.2, 0.25) is 5.70 Å². The molecule has 1 aromatic heterocycles. The van der Waals surface area contributed by atoms with Crippen molar-refractivity contribution in [2.24, 2.45) is 15.3 Å². The van der Waals surface area contributed by atoms with Gasteiger partial charge < -0.3 is 14.3 Å². The number of hydrazone groups is 1. The van der Waals surface area contributed by atoms with Crippen molar-refractivity contribution < 1.29 is 28.8 Å². The summed E-state index contributed by atoms with van der Waals surface area (Å²) in [6.07, 6.45) is 1.12. The Balaban J connectivity index is 1.99. The topological polar surface area (TPSA) is 169 Å². The predicted molar refractivity (Wildman–Crippen MR) is 103 cm³/mol. The molecule has 0 radical (unpaired) electrons. The van der Waals surface area contributed by atoms with Crippen molar-refractivity contribution in [3.05, 3.63) is 69.3 Å².